The van der Waals surface area contributed by atoms with Crippen LogP contribution in [0, 0.1) is 35.0 Å². The summed E-state index contributed by atoms with van der Waals surface area (Å²) in [5, 5.41) is 9.28. The molecule has 1 aromatic carbocycles. The van der Waals surface area contributed by atoms with E-state index in [0.29, 0.717) is 12.5 Å². The van der Waals surface area contributed by atoms with Crippen molar-refractivity contribution in [2.24, 2.45) is 40.1 Å². The van der Waals surface area contributed by atoms with Crippen LogP contribution in [-0.2, 0) is 16.0 Å². The highest BCUT2D eigenvalue weighted by Crippen LogP contribution is 2.60. The van der Waals surface area contributed by atoms with E-state index >= 15 is 0 Å². The van der Waals surface area contributed by atoms with Gasteiger partial charge in [-0.1, -0.05) is 70.4 Å². The maximum Gasteiger partial charge on any atom is 0.292 e. The highest BCUT2D eigenvalue weighted by Gasteiger charge is 2.51. The van der Waals surface area contributed by atoms with E-state index in [0.717, 1.165) is 60.9 Å². The molecular weight excluding hydrogens is 482 g/mol. The first-order valence-electron chi connectivity index (χ1n) is 15.5. The third kappa shape index (κ3) is 9.20. The molecule has 7 atom stereocenters. The first-order chi connectivity index (χ1) is 18.8. The minimum atomic E-state index is 0.375. The number of rotatable bonds is 8. The average molecular weight is 538 g/mol. The Labute approximate surface area is 238 Å². The SMILES string of the molecule is C=NN(/C=C(\C)C1CN1)CCCc1ccccc1.CC1CCC2C(CCC3C(C)CCC[C@]32C)C1.COC=O. The third-order valence-electron chi connectivity index (χ3n) is 10.1. The zero-order valence-corrected chi connectivity index (χ0v) is 25.4. The van der Waals surface area contributed by atoms with Gasteiger partial charge in [0.1, 0.15) is 0 Å². The van der Waals surface area contributed by atoms with Crippen LogP contribution >= 0.6 is 0 Å². The number of methoxy groups -OCH3 is 1. The molecule has 5 heteroatoms. The molecule has 3 saturated carbocycles. The minimum absolute atomic E-state index is 0.375. The van der Waals surface area contributed by atoms with Gasteiger partial charge in [-0.3, -0.25) is 9.80 Å². The number of hydrogen-bond acceptors (Lipinski definition) is 5. The summed E-state index contributed by atoms with van der Waals surface area (Å²) >= 11 is 0. The lowest BCUT2D eigenvalue weighted by Crippen LogP contribution is -2.49. The van der Waals surface area contributed by atoms with E-state index in [2.05, 4.69) is 86.1 Å². The van der Waals surface area contributed by atoms with Gasteiger partial charge in [0.15, 0.2) is 0 Å². The number of nitrogens with one attached hydrogen (secondary N) is 1. The summed E-state index contributed by atoms with van der Waals surface area (Å²) < 4.78 is 3.86. The fraction of sp³-hybridized carbons (Fsp3) is 0.706. The van der Waals surface area contributed by atoms with Crippen LogP contribution in [0.4, 0.5) is 0 Å². The normalized spacial score (nSPS) is 33.0. The molecular formula is C34H55N3O2. The molecule has 4 aliphatic rings. The minimum Gasteiger partial charge on any atom is -0.471 e. The molecule has 218 valence electrons. The molecule has 0 aromatic heterocycles. The van der Waals surface area contributed by atoms with Gasteiger partial charge < -0.3 is 10.1 Å². The van der Waals surface area contributed by atoms with E-state index in [4.69, 9.17) is 4.79 Å². The quantitative estimate of drug-likeness (QED) is 0.162. The Morgan fingerprint density at radius 3 is 2.49 bits per heavy atom. The molecule has 1 aromatic rings. The summed E-state index contributed by atoms with van der Waals surface area (Å²) in [5.41, 5.74) is 3.44. The number of fused-ring (bicyclic) bond motifs is 3. The zero-order chi connectivity index (χ0) is 28.3. The number of ether oxygens (including phenoxy) is 1. The number of aryl methyl sites for hydroxylation is 1. The molecule has 1 heterocycles. The standard InChI is InChI=1S/C17H30.C15H21N3.C2H4O2/c1-12-6-8-16-14(11-12)7-9-15-13(2)5-4-10-17(15,16)3;1-13(15-11-17-15)12-18(16-2)10-6-9-14-7-4-3-5-8-14;1-4-2-3/h12-16H,4-11H2,1-3H3;3-5,7-8,12,15,17H,2,6,9-11H2,1H3;2H,1H3/b;13-12+;/t12?,13?,14?,15?,16?,17-;;/m1../s1. The second kappa shape index (κ2) is 15.6. The highest BCUT2D eigenvalue weighted by atomic mass is 16.5. The molecule has 1 saturated heterocycles. The lowest BCUT2D eigenvalue weighted by atomic mass is 9.47. The van der Waals surface area contributed by atoms with Crippen LogP contribution in [0.25, 0.3) is 0 Å². The predicted molar refractivity (Wildman–Crippen MR) is 163 cm³/mol. The van der Waals surface area contributed by atoms with Crippen molar-refractivity contribution in [3.63, 3.8) is 0 Å². The summed E-state index contributed by atoms with van der Waals surface area (Å²) in [5.74, 6) is 5.25. The van der Waals surface area contributed by atoms with Crippen LogP contribution in [0.3, 0.4) is 0 Å². The molecule has 5 nitrogen and oxygen atoms in total. The van der Waals surface area contributed by atoms with E-state index < -0.39 is 0 Å². The Morgan fingerprint density at radius 2 is 1.85 bits per heavy atom. The predicted octanol–water partition coefficient (Wildman–Crippen LogP) is 7.48. The number of hydrazone groups is 1. The molecule has 1 aliphatic heterocycles. The van der Waals surface area contributed by atoms with E-state index in [9.17, 15) is 0 Å². The van der Waals surface area contributed by atoms with Gasteiger partial charge in [0, 0.05) is 32.0 Å². The van der Waals surface area contributed by atoms with Gasteiger partial charge in [0.2, 0.25) is 0 Å². The molecule has 1 N–H and O–H groups in total. The Balaban J connectivity index is 0.000000190. The van der Waals surface area contributed by atoms with Gasteiger partial charge in [-0.25, -0.2) is 0 Å². The fourth-order valence-corrected chi connectivity index (χ4v) is 7.97. The topological polar surface area (TPSA) is 63.8 Å². The summed E-state index contributed by atoms with van der Waals surface area (Å²) in [6.07, 6.45) is 16.5. The van der Waals surface area contributed by atoms with Gasteiger partial charge >= 0.3 is 0 Å². The number of carbonyl (C=O) groups excluding carboxylic acids is 1. The van der Waals surface area contributed by atoms with Crippen molar-refractivity contribution in [3.05, 3.63) is 47.7 Å². The van der Waals surface area contributed by atoms with Gasteiger partial charge in [-0.05, 0) is 98.0 Å². The van der Waals surface area contributed by atoms with E-state index in [1.807, 2.05) is 5.01 Å². The van der Waals surface area contributed by atoms with Gasteiger partial charge in [0.05, 0.1) is 7.11 Å². The Kier molecular flexibility index (Phi) is 12.6. The monoisotopic (exact) mass is 537 g/mol. The van der Waals surface area contributed by atoms with Crippen LogP contribution in [0.2, 0.25) is 0 Å². The summed E-state index contributed by atoms with van der Waals surface area (Å²) in [6, 6.07) is 11.1. The number of carbonyl (C=O) groups is 1. The third-order valence-corrected chi connectivity index (χ3v) is 10.1. The smallest absolute Gasteiger partial charge is 0.292 e. The van der Waals surface area contributed by atoms with Crippen LogP contribution in [0.15, 0.2) is 47.2 Å². The largest absolute Gasteiger partial charge is 0.471 e. The second-order valence-corrected chi connectivity index (χ2v) is 12.9. The summed E-state index contributed by atoms with van der Waals surface area (Å²) in [6.45, 7) is 15.8. The fourth-order valence-electron chi connectivity index (χ4n) is 7.97. The molecule has 4 fully saturated rings. The zero-order valence-electron chi connectivity index (χ0n) is 25.4. The molecule has 3 aliphatic carbocycles. The summed E-state index contributed by atoms with van der Waals surface area (Å²) in [4.78, 5) is 8.95. The molecule has 5 rings (SSSR count). The molecule has 0 bridgehead atoms. The van der Waals surface area contributed by atoms with Crippen LogP contribution in [-0.4, -0.2) is 44.4 Å². The van der Waals surface area contributed by atoms with Gasteiger partial charge in [-0.15, -0.1) is 0 Å². The van der Waals surface area contributed by atoms with Crippen molar-refractivity contribution in [3.8, 4) is 0 Å². The summed E-state index contributed by atoms with van der Waals surface area (Å²) in [7, 11) is 1.31. The number of hydrogen-bond donors (Lipinski definition) is 1. The van der Waals surface area contributed by atoms with Crippen LogP contribution in [0.5, 0.6) is 0 Å². The van der Waals surface area contributed by atoms with Crippen molar-refractivity contribution >= 4 is 13.2 Å². The lowest BCUT2D eigenvalue weighted by molar-refractivity contribution is -0.126. The van der Waals surface area contributed by atoms with E-state index in [-0.39, 0.29) is 0 Å². The molecule has 6 unspecified atom stereocenters. The van der Waals surface area contributed by atoms with E-state index in [1.165, 1.54) is 43.9 Å². The maximum absolute atomic E-state index is 8.95. The molecule has 0 spiro atoms. The maximum atomic E-state index is 8.95. The molecule has 0 radical (unpaired) electrons. The number of benzene rings is 1. The van der Waals surface area contributed by atoms with Crippen molar-refractivity contribution in [2.75, 3.05) is 20.2 Å². The van der Waals surface area contributed by atoms with Crippen molar-refractivity contribution in [1.82, 2.24) is 10.3 Å². The average Bonchev–Trinajstić information content (AvgIpc) is 3.79. The second-order valence-electron chi connectivity index (χ2n) is 12.9. The van der Waals surface area contributed by atoms with Crippen molar-refractivity contribution < 1.29 is 9.53 Å². The Morgan fingerprint density at radius 1 is 1.15 bits per heavy atom. The Hall–Kier alpha value is -2.14. The van der Waals surface area contributed by atoms with Crippen molar-refractivity contribution in [2.45, 2.75) is 97.9 Å². The first kappa shape index (κ1) is 31.4. The molecule has 0 amide bonds. The van der Waals surface area contributed by atoms with E-state index in [1.54, 1.807) is 25.7 Å². The first-order valence-corrected chi connectivity index (χ1v) is 15.5. The van der Waals surface area contributed by atoms with Crippen LogP contribution in [0.1, 0.15) is 91.0 Å². The highest BCUT2D eigenvalue weighted by molar-refractivity contribution is 5.36. The Bertz CT molecular complexity index is 899. The van der Waals surface area contributed by atoms with Crippen LogP contribution < -0.4 is 5.32 Å². The lowest BCUT2D eigenvalue weighted by Gasteiger charge is -2.58. The molecule has 39 heavy (non-hydrogen) atoms. The number of nitrogens with zero attached hydrogens (tertiary/aromatic N) is 2. The van der Waals surface area contributed by atoms with Crippen molar-refractivity contribution in [1.29, 1.82) is 0 Å². The van der Waals surface area contributed by atoms with Gasteiger partial charge in [0.25, 0.3) is 6.47 Å². The van der Waals surface area contributed by atoms with Gasteiger partial charge in [-0.2, -0.15) is 5.10 Å².